The van der Waals surface area contributed by atoms with Gasteiger partial charge in [-0.1, -0.05) is 6.07 Å². The highest BCUT2D eigenvalue weighted by atomic mass is 16.5. The number of ether oxygens (including phenoxy) is 1. The molecular weight excluding hydrogens is 192 g/mol. The fourth-order valence-corrected chi connectivity index (χ4v) is 1.84. The van der Waals surface area contributed by atoms with E-state index in [9.17, 15) is 4.79 Å². The highest BCUT2D eigenvalue weighted by molar-refractivity contribution is 5.83. The van der Waals surface area contributed by atoms with Crippen molar-refractivity contribution < 1.29 is 14.6 Å². The molecule has 0 saturated carbocycles. The van der Waals surface area contributed by atoms with Gasteiger partial charge in [0, 0.05) is 12.8 Å². The van der Waals surface area contributed by atoms with Crippen LogP contribution in [0.15, 0.2) is 18.2 Å². The summed E-state index contributed by atoms with van der Waals surface area (Å²) in [4.78, 5) is 11.2. The highest BCUT2D eigenvalue weighted by Gasteiger charge is 2.15. The van der Waals surface area contributed by atoms with Gasteiger partial charge in [-0.15, -0.1) is 0 Å². The van der Waals surface area contributed by atoms with Crippen LogP contribution in [0.5, 0.6) is 5.75 Å². The maximum atomic E-state index is 11.2. The summed E-state index contributed by atoms with van der Waals surface area (Å²) < 4.78 is 5.31. The largest absolute Gasteiger partial charge is 0.491 e. The van der Waals surface area contributed by atoms with Crippen molar-refractivity contribution in [2.45, 2.75) is 19.3 Å². The van der Waals surface area contributed by atoms with Gasteiger partial charge in [0.25, 0.3) is 0 Å². The van der Waals surface area contributed by atoms with Crippen LogP contribution in [0.2, 0.25) is 0 Å². The Morgan fingerprint density at radius 3 is 2.93 bits per heavy atom. The van der Waals surface area contributed by atoms with Crippen molar-refractivity contribution in [3.63, 3.8) is 0 Å². The summed E-state index contributed by atoms with van der Waals surface area (Å²) in [6.07, 6.45) is 2.00. The minimum Gasteiger partial charge on any atom is -0.491 e. The number of aliphatic hydroxyl groups is 1. The molecule has 3 nitrogen and oxygen atoms in total. The Hall–Kier alpha value is -1.35. The molecule has 0 heterocycles. The van der Waals surface area contributed by atoms with Crippen molar-refractivity contribution in [2.24, 2.45) is 0 Å². The Morgan fingerprint density at radius 1 is 1.27 bits per heavy atom. The molecule has 0 bridgehead atoms. The molecule has 0 spiro atoms. The number of Topliss-reactive ketones (excluding diaryl/α,β-unsaturated/α-hetero) is 1. The fourth-order valence-electron chi connectivity index (χ4n) is 1.84. The van der Waals surface area contributed by atoms with Crippen LogP contribution in [0.1, 0.15) is 17.5 Å². The maximum Gasteiger partial charge on any atom is 0.137 e. The number of ketones is 1. The number of carbonyl (C=O) groups excluding carboxylic acids is 1. The number of carbonyl (C=O) groups is 1. The molecule has 0 atom stereocenters. The molecule has 0 aliphatic heterocycles. The molecule has 0 aromatic heterocycles. The smallest absolute Gasteiger partial charge is 0.137 e. The van der Waals surface area contributed by atoms with E-state index in [0.29, 0.717) is 25.2 Å². The molecule has 2 rings (SSSR count). The van der Waals surface area contributed by atoms with Crippen molar-refractivity contribution in [1.29, 1.82) is 0 Å². The van der Waals surface area contributed by atoms with Gasteiger partial charge in [0.2, 0.25) is 0 Å². The third-order valence-corrected chi connectivity index (χ3v) is 2.60. The zero-order chi connectivity index (χ0) is 10.7. The molecule has 1 aliphatic carbocycles. The molecule has 0 amide bonds. The van der Waals surface area contributed by atoms with E-state index in [1.807, 2.05) is 18.2 Å². The van der Waals surface area contributed by atoms with E-state index in [4.69, 9.17) is 9.84 Å². The van der Waals surface area contributed by atoms with Crippen LogP contribution < -0.4 is 4.74 Å². The molecule has 0 unspecified atom stereocenters. The predicted octanol–water partition coefficient (Wildman–Crippen LogP) is 1.12. The number of aliphatic hydroxyl groups excluding tert-OH is 1. The van der Waals surface area contributed by atoms with E-state index in [0.717, 1.165) is 17.7 Å². The first-order chi connectivity index (χ1) is 7.29. The van der Waals surface area contributed by atoms with E-state index in [2.05, 4.69) is 0 Å². The highest BCUT2D eigenvalue weighted by Crippen LogP contribution is 2.23. The lowest BCUT2D eigenvalue weighted by atomic mass is 9.91. The zero-order valence-electron chi connectivity index (χ0n) is 8.53. The van der Waals surface area contributed by atoms with Crippen LogP contribution in [0.4, 0.5) is 0 Å². The lowest BCUT2D eigenvalue weighted by Crippen LogP contribution is -2.13. The molecule has 3 heteroatoms. The Bertz CT molecular complexity index is 371. The first kappa shape index (κ1) is 10.2. The van der Waals surface area contributed by atoms with Gasteiger partial charge in [-0.05, 0) is 29.7 Å². The third kappa shape index (κ3) is 2.36. The van der Waals surface area contributed by atoms with E-state index in [1.54, 1.807) is 0 Å². The Balaban J connectivity index is 2.15. The van der Waals surface area contributed by atoms with Crippen LogP contribution in [-0.4, -0.2) is 24.1 Å². The average Bonchev–Trinajstić information content (AvgIpc) is 2.26. The molecule has 15 heavy (non-hydrogen) atoms. The fraction of sp³-hybridized carbons (Fsp3) is 0.417. The topological polar surface area (TPSA) is 46.5 Å². The molecule has 1 N–H and O–H groups in total. The van der Waals surface area contributed by atoms with Crippen molar-refractivity contribution >= 4 is 5.78 Å². The normalized spacial score (nSPS) is 14.9. The predicted molar refractivity (Wildman–Crippen MR) is 56.1 cm³/mol. The molecule has 1 aromatic carbocycles. The van der Waals surface area contributed by atoms with Gasteiger partial charge in [-0.25, -0.2) is 0 Å². The number of benzene rings is 1. The number of rotatable bonds is 3. The lowest BCUT2D eigenvalue weighted by molar-refractivity contribution is -0.118. The summed E-state index contributed by atoms with van der Waals surface area (Å²) in [6, 6.07) is 5.77. The summed E-state index contributed by atoms with van der Waals surface area (Å²) in [6.45, 7) is 0.341. The minimum absolute atomic E-state index is 0.0234. The van der Waals surface area contributed by atoms with Gasteiger partial charge in [0.15, 0.2) is 0 Å². The standard InChI is InChI=1S/C12H14O3/c13-5-6-15-12-4-2-9-7-11(14)3-1-10(9)8-12/h2,4,8,13H,1,3,5-7H2. The second-order valence-electron chi connectivity index (χ2n) is 3.72. The van der Waals surface area contributed by atoms with Crippen LogP contribution in [0, 0.1) is 0 Å². The second kappa shape index (κ2) is 4.45. The quantitative estimate of drug-likeness (QED) is 0.806. The van der Waals surface area contributed by atoms with Crippen molar-refractivity contribution in [3.8, 4) is 5.75 Å². The van der Waals surface area contributed by atoms with Crippen LogP contribution >= 0.6 is 0 Å². The van der Waals surface area contributed by atoms with Gasteiger partial charge in [-0.3, -0.25) is 4.79 Å². The van der Waals surface area contributed by atoms with Crippen molar-refractivity contribution in [2.75, 3.05) is 13.2 Å². The van der Waals surface area contributed by atoms with Gasteiger partial charge in [0.05, 0.1) is 6.61 Å². The molecule has 1 aromatic rings. The first-order valence-electron chi connectivity index (χ1n) is 5.17. The van der Waals surface area contributed by atoms with Gasteiger partial charge < -0.3 is 9.84 Å². The molecule has 0 fully saturated rings. The van der Waals surface area contributed by atoms with E-state index in [1.165, 1.54) is 5.56 Å². The monoisotopic (exact) mass is 206 g/mol. The summed E-state index contributed by atoms with van der Waals surface area (Å²) in [7, 11) is 0. The first-order valence-corrected chi connectivity index (χ1v) is 5.17. The molecule has 0 saturated heterocycles. The number of hydrogen-bond acceptors (Lipinski definition) is 3. The number of hydrogen-bond donors (Lipinski definition) is 1. The molecule has 1 aliphatic rings. The average molecular weight is 206 g/mol. The zero-order valence-corrected chi connectivity index (χ0v) is 8.53. The second-order valence-corrected chi connectivity index (χ2v) is 3.72. The molecule has 80 valence electrons. The van der Waals surface area contributed by atoms with Crippen LogP contribution in [0.3, 0.4) is 0 Å². The molecule has 0 radical (unpaired) electrons. The van der Waals surface area contributed by atoms with Gasteiger partial charge >= 0.3 is 0 Å². The Labute approximate surface area is 88.7 Å². The van der Waals surface area contributed by atoms with Crippen molar-refractivity contribution in [3.05, 3.63) is 29.3 Å². The summed E-state index contributed by atoms with van der Waals surface area (Å²) in [5.41, 5.74) is 2.31. The van der Waals surface area contributed by atoms with E-state index >= 15 is 0 Å². The Kier molecular flexibility index (Phi) is 3.02. The number of aryl methyl sites for hydroxylation is 1. The van der Waals surface area contributed by atoms with Crippen LogP contribution in [0.25, 0.3) is 0 Å². The third-order valence-electron chi connectivity index (χ3n) is 2.60. The van der Waals surface area contributed by atoms with Gasteiger partial charge in [0.1, 0.15) is 18.1 Å². The number of fused-ring (bicyclic) bond motifs is 1. The lowest BCUT2D eigenvalue weighted by Gasteiger charge is -2.15. The minimum atomic E-state index is 0.0234. The van der Waals surface area contributed by atoms with Crippen molar-refractivity contribution in [1.82, 2.24) is 0 Å². The van der Waals surface area contributed by atoms with Gasteiger partial charge in [-0.2, -0.15) is 0 Å². The maximum absolute atomic E-state index is 11.2. The van der Waals surface area contributed by atoms with E-state index in [-0.39, 0.29) is 6.61 Å². The summed E-state index contributed by atoms with van der Waals surface area (Å²) >= 11 is 0. The Morgan fingerprint density at radius 2 is 2.13 bits per heavy atom. The summed E-state index contributed by atoms with van der Waals surface area (Å²) in [5.74, 6) is 1.09. The van der Waals surface area contributed by atoms with Crippen LogP contribution in [-0.2, 0) is 17.6 Å². The molecular formula is C12H14O3. The SMILES string of the molecule is O=C1CCc2cc(OCCO)ccc2C1. The van der Waals surface area contributed by atoms with E-state index < -0.39 is 0 Å². The summed E-state index contributed by atoms with van der Waals surface area (Å²) in [5, 5.41) is 8.63.